The lowest BCUT2D eigenvalue weighted by Crippen LogP contribution is -2.27. The molecule has 2 N–H and O–H groups in total. The molecule has 5 heteroatoms. The fourth-order valence-corrected chi connectivity index (χ4v) is 4.82. The summed E-state index contributed by atoms with van der Waals surface area (Å²) in [7, 11) is 0. The number of nitrogens with zero attached hydrogens (tertiary/aromatic N) is 2. The van der Waals surface area contributed by atoms with Crippen LogP contribution in [0.3, 0.4) is 0 Å². The van der Waals surface area contributed by atoms with Gasteiger partial charge in [0, 0.05) is 36.8 Å². The third-order valence-electron chi connectivity index (χ3n) is 7.02. The Bertz CT molecular complexity index is 1110. The number of para-hydroxylation sites is 1. The molecule has 1 fully saturated rings. The van der Waals surface area contributed by atoms with Crippen LogP contribution in [-0.4, -0.2) is 29.0 Å². The van der Waals surface area contributed by atoms with Crippen molar-refractivity contribution < 1.29 is 4.79 Å². The Hall–Kier alpha value is -2.95. The first kappa shape index (κ1) is 20.9. The third-order valence-corrected chi connectivity index (χ3v) is 7.02. The Labute approximate surface area is 190 Å². The summed E-state index contributed by atoms with van der Waals surface area (Å²) in [4.78, 5) is 21.7. The summed E-state index contributed by atoms with van der Waals surface area (Å²) < 4.78 is 0. The number of nitrogens with one attached hydrogen (secondary N) is 2. The van der Waals surface area contributed by atoms with Gasteiger partial charge < -0.3 is 10.6 Å². The van der Waals surface area contributed by atoms with Crippen molar-refractivity contribution in [3.63, 3.8) is 0 Å². The van der Waals surface area contributed by atoms with Crippen LogP contribution in [0.5, 0.6) is 0 Å². The number of hydrogen-bond donors (Lipinski definition) is 2. The number of pyridine rings is 2. The molecule has 1 aliphatic carbocycles. The summed E-state index contributed by atoms with van der Waals surface area (Å²) in [5.41, 5.74) is 5.02. The average molecular weight is 429 g/mol. The van der Waals surface area contributed by atoms with Gasteiger partial charge in [0.05, 0.1) is 5.52 Å². The fourth-order valence-electron chi connectivity index (χ4n) is 4.82. The quantitative estimate of drug-likeness (QED) is 0.474. The molecule has 5 nitrogen and oxygen atoms in total. The van der Waals surface area contributed by atoms with E-state index in [0.29, 0.717) is 6.42 Å². The van der Waals surface area contributed by atoms with Gasteiger partial charge in [0.2, 0.25) is 5.91 Å². The predicted octanol–water partition coefficient (Wildman–Crippen LogP) is 4.94. The zero-order valence-electron chi connectivity index (χ0n) is 18.7. The standard InChI is InChI=1S/C27H32N4O/c32-25(10-4-2-8-23-12-11-20-7-5-16-29-26(20)31-23)28-17-15-27(13-14-27)22-18-21-6-1-3-9-24(21)30-19-22/h1,3,6,9,11-12,18-19H,2,4-5,7-8,10,13-17H2,(H,28,32)(H,29,31). The van der Waals surface area contributed by atoms with Crippen LogP contribution in [0.4, 0.5) is 5.82 Å². The van der Waals surface area contributed by atoms with Gasteiger partial charge in [-0.2, -0.15) is 0 Å². The lowest BCUT2D eigenvalue weighted by Gasteiger charge is -2.17. The topological polar surface area (TPSA) is 66.9 Å². The van der Waals surface area contributed by atoms with Crippen LogP contribution in [0.2, 0.25) is 0 Å². The molecule has 1 saturated carbocycles. The molecular weight excluding hydrogens is 396 g/mol. The van der Waals surface area contributed by atoms with Gasteiger partial charge in [0.15, 0.2) is 0 Å². The number of fused-ring (bicyclic) bond motifs is 2. The number of amides is 1. The van der Waals surface area contributed by atoms with Crippen molar-refractivity contribution in [2.75, 3.05) is 18.4 Å². The molecule has 166 valence electrons. The van der Waals surface area contributed by atoms with Crippen LogP contribution < -0.4 is 10.6 Å². The highest BCUT2D eigenvalue weighted by atomic mass is 16.1. The molecule has 5 rings (SSSR count). The lowest BCUT2D eigenvalue weighted by atomic mass is 9.93. The van der Waals surface area contributed by atoms with E-state index >= 15 is 0 Å². The smallest absolute Gasteiger partial charge is 0.219 e. The lowest BCUT2D eigenvalue weighted by molar-refractivity contribution is -0.121. The monoisotopic (exact) mass is 428 g/mol. The zero-order valence-corrected chi connectivity index (χ0v) is 18.7. The van der Waals surface area contributed by atoms with Crippen LogP contribution in [0.25, 0.3) is 10.9 Å². The maximum absolute atomic E-state index is 12.3. The minimum Gasteiger partial charge on any atom is -0.370 e. The summed E-state index contributed by atoms with van der Waals surface area (Å²) in [5.74, 6) is 1.22. The van der Waals surface area contributed by atoms with E-state index < -0.39 is 0 Å². The molecule has 1 aromatic carbocycles. The molecule has 3 heterocycles. The fraction of sp³-hybridized carbons (Fsp3) is 0.444. The van der Waals surface area contributed by atoms with Crippen LogP contribution in [0, 0.1) is 0 Å². The second-order valence-electron chi connectivity index (χ2n) is 9.34. The molecule has 0 atom stereocenters. The molecule has 0 radical (unpaired) electrons. The maximum atomic E-state index is 12.3. The van der Waals surface area contributed by atoms with Gasteiger partial charge in [-0.15, -0.1) is 0 Å². The minimum absolute atomic E-state index is 0.164. The molecule has 0 saturated heterocycles. The third kappa shape index (κ3) is 4.77. The molecule has 2 aliphatic rings. The SMILES string of the molecule is O=C(CCCCc1ccc2c(n1)NCCC2)NCCC1(c2cnc3ccccc3c2)CC1. The van der Waals surface area contributed by atoms with E-state index in [9.17, 15) is 4.79 Å². The van der Waals surface area contributed by atoms with E-state index in [2.05, 4.69) is 52.0 Å². The molecule has 1 aliphatic heterocycles. The van der Waals surface area contributed by atoms with E-state index in [1.807, 2.05) is 12.3 Å². The number of aromatic nitrogens is 2. The van der Waals surface area contributed by atoms with Gasteiger partial charge in [0.25, 0.3) is 0 Å². The van der Waals surface area contributed by atoms with Gasteiger partial charge in [0.1, 0.15) is 5.82 Å². The number of benzene rings is 1. The van der Waals surface area contributed by atoms with Crippen molar-refractivity contribution in [1.82, 2.24) is 15.3 Å². The van der Waals surface area contributed by atoms with Crippen LogP contribution >= 0.6 is 0 Å². The van der Waals surface area contributed by atoms with E-state index in [-0.39, 0.29) is 11.3 Å². The maximum Gasteiger partial charge on any atom is 0.219 e. The molecule has 0 bridgehead atoms. The van der Waals surface area contributed by atoms with Crippen molar-refractivity contribution in [3.8, 4) is 0 Å². The van der Waals surface area contributed by atoms with Gasteiger partial charge in [-0.1, -0.05) is 24.3 Å². The highest BCUT2D eigenvalue weighted by molar-refractivity contribution is 5.79. The van der Waals surface area contributed by atoms with E-state index in [1.54, 1.807) is 0 Å². The summed E-state index contributed by atoms with van der Waals surface area (Å²) in [6, 6.07) is 14.9. The number of hydrogen-bond acceptors (Lipinski definition) is 4. The summed E-state index contributed by atoms with van der Waals surface area (Å²) >= 11 is 0. The second kappa shape index (κ2) is 9.27. The number of anilines is 1. The minimum atomic E-state index is 0.164. The van der Waals surface area contributed by atoms with E-state index in [0.717, 1.165) is 62.2 Å². The second-order valence-corrected chi connectivity index (χ2v) is 9.34. The zero-order chi connectivity index (χ0) is 21.8. The van der Waals surface area contributed by atoms with E-state index in [1.165, 1.54) is 35.8 Å². The first-order valence-electron chi connectivity index (χ1n) is 12.1. The average Bonchev–Trinajstić information content (AvgIpc) is 3.62. The van der Waals surface area contributed by atoms with Gasteiger partial charge in [-0.3, -0.25) is 9.78 Å². The molecule has 32 heavy (non-hydrogen) atoms. The normalized spacial score (nSPS) is 16.2. The summed E-state index contributed by atoms with van der Waals surface area (Å²) in [5, 5.41) is 7.73. The molecule has 3 aromatic rings. The number of aryl methyl sites for hydroxylation is 2. The number of unbranched alkanes of at least 4 members (excludes halogenated alkanes) is 1. The molecular formula is C27H32N4O. The summed E-state index contributed by atoms with van der Waals surface area (Å²) in [6.45, 7) is 1.76. The highest BCUT2D eigenvalue weighted by Gasteiger charge is 2.43. The largest absolute Gasteiger partial charge is 0.370 e. The van der Waals surface area contributed by atoms with Crippen molar-refractivity contribution in [2.24, 2.45) is 0 Å². The van der Waals surface area contributed by atoms with Crippen LogP contribution in [0.15, 0.2) is 48.7 Å². The molecule has 0 spiro atoms. The Morgan fingerprint density at radius 3 is 2.94 bits per heavy atom. The molecule has 1 amide bonds. The molecule has 0 unspecified atom stereocenters. The summed E-state index contributed by atoms with van der Waals surface area (Å²) in [6.07, 6.45) is 11.1. The predicted molar refractivity (Wildman–Crippen MR) is 129 cm³/mol. The van der Waals surface area contributed by atoms with Crippen LogP contribution in [0.1, 0.15) is 61.8 Å². The molecule has 2 aromatic heterocycles. The Morgan fingerprint density at radius 2 is 2.03 bits per heavy atom. The van der Waals surface area contributed by atoms with Crippen molar-refractivity contribution in [1.29, 1.82) is 0 Å². The Balaban J connectivity index is 1.04. The first-order chi connectivity index (χ1) is 15.7. The highest BCUT2D eigenvalue weighted by Crippen LogP contribution is 2.51. The number of carbonyl (C=O) groups excluding carboxylic acids is 1. The van der Waals surface area contributed by atoms with Gasteiger partial charge in [-0.25, -0.2) is 4.98 Å². The Kier molecular flexibility index (Phi) is 6.06. The number of carbonyl (C=O) groups is 1. The van der Waals surface area contributed by atoms with Crippen molar-refractivity contribution >= 4 is 22.6 Å². The first-order valence-corrected chi connectivity index (χ1v) is 12.1. The Morgan fingerprint density at radius 1 is 1.12 bits per heavy atom. The van der Waals surface area contributed by atoms with Gasteiger partial charge in [-0.05, 0) is 86.1 Å². The van der Waals surface area contributed by atoms with Crippen molar-refractivity contribution in [2.45, 2.75) is 63.2 Å². The van der Waals surface area contributed by atoms with E-state index in [4.69, 9.17) is 4.98 Å². The van der Waals surface area contributed by atoms with Gasteiger partial charge >= 0.3 is 0 Å². The number of rotatable bonds is 9. The van der Waals surface area contributed by atoms with Crippen molar-refractivity contribution in [3.05, 3.63) is 65.5 Å². The van der Waals surface area contributed by atoms with Crippen LogP contribution in [-0.2, 0) is 23.1 Å².